The number of primary amides is 1. The first-order chi connectivity index (χ1) is 32.1. The normalized spacial score (nSPS) is 14.6. The van der Waals surface area contributed by atoms with Crippen LogP contribution in [0.2, 0.25) is 0 Å². The largest absolute Gasteiger partial charge is 0.444 e. The Morgan fingerprint density at radius 2 is 1.33 bits per heavy atom. The Morgan fingerprint density at radius 1 is 0.771 bits per heavy atom. The van der Waals surface area contributed by atoms with Crippen molar-refractivity contribution in [2.45, 2.75) is 156 Å². The van der Waals surface area contributed by atoms with E-state index in [1.807, 2.05) is 58.0 Å². The highest BCUT2D eigenvalue weighted by atomic mass is 32.2. The molecule has 0 heterocycles. The summed E-state index contributed by atoms with van der Waals surface area (Å²) >= 11 is 0. The third kappa shape index (κ3) is 18.5. The number of rotatable bonds is 23. The molecule has 19 heteroatoms. The number of nitrogens with zero attached hydrogens (tertiary/aromatic N) is 2. The molecule has 0 radical (unpaired) electrons. The zero-order valence-electron chi connectivity index (χ0n) is 43.9. The second-order valence-corrected chi connectivity index (χ2v) is 23.1. The first-order valence-electron chi connectivity index (χ1n) is 23.6. The molecule has 18 nitrogen and oxygen atoms in total. The van der Waals surface area contributed by atoms with Crippen LogP contribution in [0.3, 0.4) is 0 Å². The zero-order valence-corrected chi connectivity index (χ0v) is 44.7. The van der Waals surface area contributed by atoms with E-state index in [-0.39, 0.29) is 42.6 Å². The lowest BCUT2D eigenvalue weighted by atomic mass is 9.76. The molecule has 0 aromatic heterocycles. The second-order valence-electron chi connectivity index (χ2n) is 21.3. The van der Waals surface area contributed by atoms with Crippen LogP contribution in [0, 0.1) is 17.3 Å². The lowest BCUT2D eigenvalue weighted by Gasteiger charge is -2.42. The minimum Gasteiger partial charge on any atom is -0.444 e. The molecular formula is C51H80N8O10S. The van der Waals surface area contributed by atoms with Gasteiger partial charge in [-0.05, 0) is 74.5 Å². The predicted molar refractivity (Wildman–Crippen MR) is 271 cm³/mol. The van der Waals surface area contributed by atoms with Crippen molar-refractivity contribution in [2.75, 3.05) is 20.6 Å². The van der Waals surface area contributed by atoms with Crippen LogP contribution >= 0.6 is 0 Å². The van der Waals surface area contributed by atoms with Gasteiger partial charge >= 0.3 is 12.1 Å². The average molecular weight is 997 g/mol. The predicted octanol–water partition coefficient (Wildman–Crippen LogP) is 4.83. The van der Waals surface area contributed by atoms with Crippen molar-refractivity contribution in [3.05, 3.63) is 82.9 Å². The maximum atomic E-state index is 14.6. The summed E-state index contributed by atoms with van der Waals surface area (Å²) in [5, 5.41) is 8.14. The van der Waals surface area contributed by atoms with Gasteiger partial charge in [0.2, 0.25) is 27.7 Å². The molecule has 0 aliphatic heterocycles. The number of hydrogen-bond donors (Lipinski definition) is 6. The summed E-state index contributed by atoms with van der Waals surface area (Å²) in [7, 11) is -1.21. The fourth-order valence-corrected chi connectivity index (χ4v) is 8.86. The van der Waals surface area contributed by atoms with Crippen LogP contribution in [-0.4, -0.2) is 116 Å². The number of Topliss-reactive ketones (excluding diaryl/α,β-unsaturated/α-hetero) is 1. The van der Waals surface area contributed by atoms with Crippen molar-refractivity contribution in [1.82, 2.24) is 30.5 Å². The average Bonchev–Trinajstić information content (AvgIpc) is 3.24. The molecule has 0 unspecified atom stereocenters. The van der Waals surface area contributed by atoms with Gasteiger partial charge < -0.3 is 37.1 Å². The van der Waals surface area contributed by atoms with E-state index in [1.54, 1.807) is 74.6 Å². The van der Waals surface area contributed by atoms with Crippen molar-refractivity contribution < 1.29 is 46.7 Å². The fourth-order valence-electron chi connectivity index (χ4n) is 7.71. The molecule has 0 aliphatic carbocycles. The summed E-state index contributed by atoms with van der Waals surface area (Å²) in [5.41, 5.74) is 10.2. The van der Waals surface area contributed by atoms with Crippen molar-refractivity contribution in [3.63, 3.8) is 0 Å². The number of ketones is 1. The van der Waals surface area contributed by atoms with Crippen molar-refractivity contribution in [2.24, 2.45) is 28.7 Å². The van der Waals surface area contributed by atoms with E-state index in [1.165, 1.54) is 42.0 Å². The molecule has 2 aromatic carbocycles. The van der Waals surface area contributed by atoms with Gasteiger partial charge in [0.15, 0.2) is 5.78 Å². The van der Waals surface area contributed by atoms with Gasteiger partial charge in [-0.2, -0.15) is 0 Å². The van der Waals surface area contributed by atoms with Gasteiger partial charge in [0, 0.05) is 38.0 Å². The number of nitrogens with two attached hydrogens (primary N) is 2. The lowest BCUT2D eigenvalue weighted by Crippen LogP contribution is -2.63. The van der Waals surface area contributed by atoms with E-state index in [0.29, 0.717) is 17.5 Å². The highest BCUT2D eigenvalue weighted by molar-refractivity contribution is 7.89. The van der Waals surface area contributed by atoms with E-state index < -0.39 is 98.2 Å². The quantitative estimate of drug-likeness (QED) is 0.0648. The number of sulfonamides is 1. The number of ether oxygens (including phenoxy) is 1. The molecule has 0 aliphatic rings. The van der Waals surface area contributed by atoms with Gasteiger partial charge in [0.25, 0.3) is 5.91 Å². The van der Waals surface area contributed by atoms with E-state index in [9.17, 15) is 42.0 Å². The number of carbonyl (C=O) groups is 7. The topological polar surface area (TPSA) is 270 Å². The fraction of sp³-hybridized carbons (Fsp3) is 0.588. The molecule has 8 N–H and O–H groups in total. The van der Waals surface area contributed by atoms with Crippen LogP contribution in [0.15, 0.2) is 66.2 Å². The maximum absolute atomic E-state index is 14.6. The highest BCUT2D eigenvalue weighted by Crippen LogP contribution is 2.32. The van der Waals surface area contributed by atoms with Gasteiger partial charge in [-0.25, -0.2) is 22.7 Å². The summed E-state index contributed by atoms with van der Waals surface area (Å²) < 4.78 is 34.5. The minimum absolute atomic E-state index is 0.0252. The van der Waals surface area contributed by atoms with Gasteiger partial charge in [-0.15, -0.1) is 0 Å². The summed E-state index contributed by atoms with van der Waals surface area (Å²) in [6.45, 7) is 23.1. The number of carbonyl (C=O) groups excluding carboxylic acids is 7. The molecule has 5 atom stereocenters. The summed E-state index contributed by atoms with van der Waals surface area (Å²) in [4.78, 5) is 96.1. The van der Waals surface area contributed by atoms with Gasteiger partial charge in [0.1, 0.15) is 17.7 Å². The number of nitrogens with one attached hydrogen (secondary N) is 4. The summed E-state index contributed by atoms with van der Waals surface area (Å²) in [6, 6.07) is 10.0. The number of benzene rings is 2. The molecule has 7 amide bonds. The molecule has 70 heavy (non-hydrogen) atoms. The minimum atomic E-state index is -4.25. The second kappa shape index (κ2) is 25.3. The van der Waals surface area contributed by atoms with Crippen molar-refractivity contribution in [3.8, 4) is 0 Å². The van der Waals surface area contributed by atoms with Gasteiger partial charge in [0.05, 0.1) is 23.9 Å². The third-order valence-corrected chi connectivity index (χ3v) is 13.1. The Balaban J connectivity index is 2.31. The Kier molecular flexibility index (Phi) is 21.8. The Bertz CT molecular complexity index is 2290. The summed E-state index contributed by atoms with van der Waals surface area (Å²) in [5.74, 6) is -3.79. The summed E-state index contributed by atoms with van der Waals surface area (Å²) in [6.07, 6.45) is 1.27. The molecule has 0 spiro atoms. The molecule has 2 aromatic rings. The van der Waals surface area contributed by atoms with Gasteiger partial charge in [-0.1, -0.05) is 123 Å². The van der Waals surface area contributed by atoms with E-state index in [0.717, 1.165) is 5.56 Å². The van der Waals surface area contributed by atoms with Crippen molar-refractivity contribution >= 4 is 51.6 Å². The molecule has 0 fully saturated rings. The SMILES string of the molecule is C/C(=C\[C@H](C(C)C)N(C)C(=O)[C@@H](NC(=O)[C@@H](N(C)C(=O)OC(C)(C)C)C(C)(C)c1ccccc1)C(C)(C)C)C(=O)NS(=O)(=O)Cc1ccc(CC(=O)[C@H](CCCNC(N)=O)NC(=O)[C@@H](N)C(C)C)cc1. The van der Waals surface area contributed by atoms with Crippen molar-refractivity contribution in [1.29, 1.82) is 0 Å². The zero-order chi connectivity index (χ0) is 53.7. The van der Waals surface area contributed by atoms with Crippen LogP contribution in [-0.2, 0) is 56.3 Å². The third-order valence-electron chi connectivity index (χ3n) is 11.9. The Hall–Kier alpha value is -5.82. The maximum Gasteiger partial charge on any atom is 0.410 e. The van der Waals surface area contributed by atoms with Crippen LogP contribution in [0.25, 0.3) is 0 Å². The molecule has 0 saturated carbocycles. The lowest BCUT2D eigenvalue weighted by molar-refractivity contribution is -0.141. The van der Waals surface area contributed by atoms with Crippen LogP contribution < -0.4 is 32.1 Å². The number of amides is 7. The number of hydrogen-bond acceptors (Lipinski definition) is 11. The smallest absolute Gasteiger partial charge is 0.410 e. The molecule has 2 rings (SSSR count). The van der Waals surface area contributed by atoms with E-state index in [4.69, 9.17) is 16.2 Å². The molecule has 0 saturated heterocycles. The number of likely N-dealkylation sites (N-methyl/N-ethyl adjacent to an activating group) is 2. The van der Waals surface area contributed by atoms with E-state index >= 15 is 0 Å². The Morgan fingerprint density at radius 3 is 1.83 bits per heavy atom. The van der Waals surface area contributed by atoms with Crippen LogP contribution in [0.4, 0.5) is 9.59 Å². The first-order valence-corrected chi connectivity index (χ1v) is 25.3. The standard InChI is InChI=1S/C51H80N8O10S/c1-31(2)38(58(14)46(64)41(49(6,7)8)56-45(63)42(59(15)48(66)69-50(9,10)11)51(12,13)36-20-17-16-18-21-36)28-33(5)43(61)57-70(67,68)30-35-25-23-34(24-26-35)29-39(60)37(22-19-27-54-47(53)65)55-44(62)40(52)32(3)4/h16-18,20-21,23-26,28,31-32,37-38,40-42H,19,22,27,29-30,52H2,1-15H3,(H,55,62)(H,56,63)(H,57,61)(H3,53,54,65)/b33-28+/t37-,38+,40-,41+,42+/m0/s1. The highest BCUT2D eigenvalue weighted by Gasteiger charge is 2.46. The van der Waals surface area contributed by atoms with Crippen LogP contribution in [0.5, 0.6) is 0 Å². The first kappa shape index (κ1) is 60.3. The van der Waals surface area contributed by atoms with Gasteiger partial charge in [-0.3, -0.25) is 28.9 Å². The monoisotopic (exact) mass is 997 g/mol. The Labute approximate surface area is 415 Å². The van der Waals surface area contributed by atoms with E-state index in [2.05, 4.69) is 20.7 Å². The molecule has 0 bridgehead atoms. The number of urea groups is 1. The molecule has 390 valence electrons. The van der Waals surface area contributed by atoms with Crippen LogP contribution in [0.1, 0.15) is 120 Å². The molecular weight excluding hydrogens is 917 g/mol.